The van der Waals surface area contributed by atoms with Gasteiger partial charge in [-0.15, -0.1) is 0 Å². The van der Waals surface area contributed by atoms with Crippen LogP contribution in [0.2, 0.25) is 0 Å². The number of nitro benzene ring substituents is 1. The van der Waals surface area contributed by atoms with Crippen molar-refractivity contribution < 1.29 is 9.66 Å². The first-order valence-corrected chi connectivity index (χ1v) is 6.54. The van der Waals surface area contributed by atoms with Gasteiger partial charge in [0.2, 0.25) is 0 Å². The summed E-state index contributed by atoms with van der Waals surface area (Å²) in [4.78, 5) is 10.6. The molecule has 1 aromatic rings. The van der Waals surface area contributed by atoms with E-state index in [4.69, 9.17) is 10.00 Å². The summed E-state index contributed by atoms with van der Waals surface area (Å²) in [6.45, 7) is 4.21. The third-order valence-corrected chi connectivity index (χ3v) is 3.73. The van der Waals surface area contributed by atoms with Crippen LogP contribution in [0.15, 0.2) is 18.2 Å². The Labute approximate surface area is 117 Å². The molecule has 1 heterocycles. The first-order chi connectivity index (χ1) is 9.54. The average molecular weight is 275 g/mol. The molecule has 0 atom stereocenters. The standard InChI is InChI=1S/C14H17N3O3/c1-14(4-6-20-7-5-14)10-16-12-8-11(9-15)2-3-13(12)17(18)19/h2-3,8,16H,4-7,10H2,1H3. The van der Waals surface area contributed by atoms with Crippen LogP contribution >= 0.6 is 0 Å². The van der Waals surface area contributed by atoms with E-state index in [-0.39, 0.29) is 11.1 Å². The molecule has 0 amide bonds. The zero-order valence-corrected chi connectivity index (χ0v) is 11.4. The van der Waals surface area contributed by atoms with Gasteiger partial charge in [-0.05, 0) is 30.4 Å². The van der Waals surface area contributed by atoms with Gasteiger partial charge < -0.3 is 10.1 Å². The van der Waals surface area contributed by atoms with E-state index < -0.39 is 4.92 Å². The highest BCUT2D eigenvalue weighted by Gasteiger charge is 2.28. The minimum atomic E-state index is -0.435. The van der Waals surface area contributed by atoms with Crippen LogP contribution in [0.5, 0.6) is 0 Å². The van der Waals surface area contributed by atoms with Crippen molar-refractivity contribution in [2.24, 2.45) is 5.41 Å². The maximum atomic E-state index is 11.0. The van der Waals surface area contributed by atoms with Gasteiger partial charge in [0.05, 0.1) is 16.6 Å². The zero-order valence-electron chi connectivity index (χ0n) is 11.4. The first-order valence-electron chi connectivity index (χ1n) is 6.54. The molecule has 0 bridgehead atoms. The number of anilines is 1. The number of nitriles is 1. The maximum Gasteiger partial charge on any atom is 0.292 e. The van der Waals surface area contributed by atoms with Crippen molar-refractivity contribution in [1.29, 1.82) is 5.26 Å². The van der Waals surface area contributed by atoms with Gasteiger partial charge in [0.15, 0.2) is 0 Å². The summed E-state index contributed by atoms with van der Waals surface area (Å²) in [7, 11) is 0. The maximum absolute atomic E-state index is 11.0. The van der Waals surface area contributed by atoms with Gasteiger partial charge in [-0.1, -0.05) is 6.92 Å². The molecule has 0 aliphatic carbocycles. The van der Waals surface area contributed by atoms with Crippen LogP contribution in [-0.2, 0) is 4.74 Å². The molecule has 20 heavy (non-hydrogen) atoms. The Morgan fingerprint density at radius 1 is 1.50 bits per heavy atom. The molecule has 1 fully saturated rings. The molecule has 0 aromatic heterocycles. The van der Waals surface area contributed by atoms with Gasteiger partial charge in [-0.25, -0.2) is 0 Å². The highest BCUT2D eigenvalue weighted by Crippen LogP contribution is 2.32. The third kappa shape index (κ3) is 3.25. The Morgan fingerprint density at radius 3 is 2.80 bits per heavy atom. The minimum absolute atomic E-state index is 0.000315. The number of ether oxygens (including phenoxy) is 1. The van der Waals surface area contributed by atoms with Crippen molar-refractivity contribution in [2.45, 2.75) is 19.8 Å². The van der Waals surface area contributed by atoms with Crippen LogP contribution in [0.1, 0.15) is 25.3 Å². The van der Waals surface area contributed by atoms with Crippen molar-refractivity contribution in [2.75, 3.05) is 25.1 Å². The van der Waals surface area contributed by atoms with Crippen LogP contribution in [0, 0.1) is 26.9 Å². The van der Waals surface area contributed by atoms with Crippen molar-refractivity contribution in [3.8, 4) is 6.07 Å². The SMILES string of the molecule is CC1(CNc2cc(C#N)ccc2[N+](=O)[O-])CCOCC1. The Kier molecular flexibility index (Phi) is 4.20. The van der Waals surface area contributed by atoms with Crippen molar-refractivity contribution in [1.82, 2.24) is 0 Å². The van der Waals surface area contributed by atoms with Crippen molar-refractivity contribution >= 4 is 11.4 Å². The number of nitrogens with one attached hydrogen (secondary N) is 1. The number of nitrogens with zero attached hydrogens (tertiary/aromatic N) is 2. The lowest BCUT2D eigenvalue weighted by Gasteiger charge is -2.33. The Bertz CT molecular complexity index is 545. The Morgan fingerprint density at radius 2 is 2.20 bits per heavy atom. The molecule has 1 aliphatic rings. The van der Waals surface area contributed by atoms with Crippen LogP contribution in [0.25, 0.3) is 0 Å². The number of nitro groups is 1. The van der Waals surface area contributed by atoms with Gasteiger partial charge in [0, 0.05) is 25.8 Å². The summed E-state index contributed by atoms with van der Waals surface area (Å²) >= 11 is 0. The van der Waals surface area contributed by atoms with Crippen molar-refractivity contribution in [3.05, 3.63) is 33.9 Å². The lowest BCUT2D eigenvalue weighted by molar-refractivity contribution is -0.384. The molecule has 6 nitrogen and oxygen atoms in total. The summed E-state index contributed by atoms with van der Waals surface area (Å²) in [5.41, 5.74) is 0.881. The van der Waals surface area contributed by atoms with E-state index in [9.17, 15) is 10.1 Å². The summed E-state index contributed by atoms with van der Waals surface area (Å²) in [5.74, 6) is 0. The Hall–Kier alpha value is -2.13. The second-order valence-electron chi connectivity index (χ2n) is 5.38. The van der Waals surface area contributed by atoms with Gasteiger partial charge in [-0.3, -0.25) is 10.1 Å². The minimum Gasteiger partial charge on any atom is -0.381 e. The third-order valence-electron chi connectivity index (χ3n) is 3.73. The van der Waals surface area contributed by atoms with E-state index in [0.717, 1.165) is 26.1 Å². The monoisotopic (exact) mass is 275 g/mol. The van der Waals surface area contributed by atoms with Crippen molar-refractivity contribution in [3.63, 3.8) is 0 Å². The zero-order chi connectivity index (χ0) is 14.6. The number of rotatable bonds is 4. The van der Waals surface area contributed by atoms with Crippen LogP contribution in [0.4, 0.5) is 11.4 Å². The fourth-order valence-corrected chi connectivity index (χ4v) is 2.26. The van der Waals surface area contributed by atoms with E-state index in [1.807, 2.05) is 6.07 Å². The van der Waals surface area contributed by atoms with Gasteiger partial charge >= 0.3 is 0 Å². The lowest BCUT2D eigenvalue weighted by Crippen LogP contribution is -2.33. The highest BCUT2D eigenvalue weighted by molar-refractivity contribution is 5.64. The molecule has 6 heteroatoms. The second kappa shape index (κ2) is 5.88. The van der Waals surface area contributed by atoms with E-state index in [2.05, 4.69) is 12.2 Å². The summed E-state index contributed by atoms with van der Waals surface area (Å²) in [6, 6.07) is 6.35. The molecule has 1 N–H and O–H groups in total. The molecule has 0 radical (unpaired) electrons. The Balaban J connectivity index is 2.15. The highest BCUT2D eigenvalue weighted by atomic mass is 16.6. The number of hydrogen-bond donors (Lipinski definition) is 1. The predicted octanol–water partition coefficient (Wildman–Crippen LogP) is 2.70. The molecule has 0 unspecified atom stereocenters. The molecule has 1 saturated heterocycles. The molecule has 106 valence electrons. The topological polar surface area (TPSA) is 88.2 Å². The molecule has 2 rings (SSSR count). The van der Waals surface area contributed by atoms with Gasteiger partial charge in [0.25, 0.3) is 5.69 Å². The molecule has 1 aromatic carbocycles. The number of hydrogen-bond acceptors (Lipinski definition) is 5. The van der Waals surface area contributed by atoms with E-state index >= 15 is 0 Å². The van der Waals surface area contributed by atoms with Crippen LogP contribution in [-0.4, -0.2) is 24.7 Å². The fourth-order valence-electron chi connectivity index (χ4n) is 2.26. The van der Waals surface area contributed by atoms with Crippen LogP contribution < -0.4 is 5.32 Å². The lowest BCUT2D eigenvalue weighted by atomic mass is 9.82. The van der Waals surface area contributed by atoms with E-state index in [1.165, 1.54) is 18.2 Å². The molecule has 0 saturated carbocycles. The fraction of sp³-hybridized carbons (Fsp3) is 0.500. The molecular formula is C14H17N3O3. The van der Waals surface area contributed by atoms with E-state index in [0.29, 0.717) is 17.8 Å². The normalized spacial score (nSPS) is 17.2. The molecular weight excluding hydrogens is 258 g/mol. The predicted molar refractivity (Wildman–Crippen MR) is 74.5 cm³/mol. The number of benzene rings is 1. The van der Waals surface area contributed by atoms with Gasteiger partial charge in [0.1, 0.15) is 5.69 Å². The molecule has 0 spiro atoms. The summed E-state index contributed by atoms with van der Waals surface area (Å²) in [6.07, 6.45) is 1.84. The largest absolute Gasteiger partial charge is 0.381 e. The molecule has 1 aliphatic heterocycles. The average Bonchev–Trinajstić information content (AvgIpc) is 2.45. The second-order valence-corrected chi connectivity index (χ2v) is 5.38. The quantitative estimate of drug-likeness (QED) is 0.674. The smallest absolute Gasteiger partial charge is 0.292 e. The van der Waals surface area contributed by atoms with Gasteiger partial charge in [-0.2, -0.15) is 5.26 Å². The van der Waals surface area contributed by atoms with Crippen LogP contribution in [0.3, 0.4) is 0 Å². The van der Waals surface area contributed by atoms with E-state index in [1.54, 1.807) is 0 Å². The summed E-state index contributed by atoms with van der Waals surface area (Å²) < 4.78 is 5.34. The summed E-state index contributed by atoms with van der Waals surface area (Å²) in [5, 5.41) is 23.0. The first kappa shape index (κ1) is 14.3.